The second-order valence-corrected chi connectivity index (χ2v) is 8.09. The predicted octanol–water partition coefficient (Wildman–Crippen LogP) is 4.27. The van der Waals surface area contributed by atoms with Gasteiger partial charge in [0, 0.05) is 32.2 Å². The standard InChI is InChI=1S/C22H33N5O3.HI/c1-16(27(6)21(28)30-22(2,3)4)12-13-24-20(23-5)25-14-18-15-29-19(26-18)17-10-8-7-9-11-17;/h7-11,15-16H,12-14H2,1-6H3,(H2,23,24,25);1H. The van der Waals surface area contributed by atoms with Gasteiger partial charge in [0.2, 0.25) is 5.89 Å². The number of benzene rings is 1. The van der Waals surface area contributed by atoms with Crippen LogP contribution in [0.15, 0.2) is 46.0 Å². The Kier molecular flexibility index (Phi) is 10.8. The minimum absolute atomic E-state index is 0. The van der Waals surface area contributed by atoms with Gasteiger partial charge in [0.25, 0.3) is 0 Å². The van der Waals surface area contributed by atoms with E-state index in [1.165, 1.54) is 0 Å². The highest BCUT2D eigenvalue weighted by Gasteiger charge is 2.22. The van der Waals surface area contributed by atoms with Gasteiger partial charge in [-0.2, -0.15) is 0 Å². The molecular formula is C22H34IN5O3. The number of ether oxygens (including phenoxy) is 1. The van der Waals surface area contributed by atoms with Crippen LogP contribution in [0.3, 0.4) is 0 Å². The van der Waals surface area contributed by atoms with Crippen molar-refractivity contribution in [3.63, 3.8) is 0 Å². The summed E-state index contributed by atoms with van der Waals surface area (Å²) in [6, 6.07) is 9.79. The van der Waals surface area contributed by atoms with Gasteiger partial charge < -0.3 is 24.7 Å². The van der Waals surface area contributed by atoms with Gasteiger partial charge in [0.05, 0.1) is 12.2 Å². The summed E-state index contributed by atoms with van der Waals surface area (Å²) < 4.78 is 11.0. The quantitative estimate of drug-likeness (QED) is 0.308. The second-order valence-electron chi connectivity index (χ2n) is 8.09. The Labute approximate surface area is 201 Å². The van der Waals surface area contributed by atoms with Crippen molar-refractivity contribution in [2.75, 3.05) is 20.6 Å². The third-order valence-corrected chi connectivity index (χ3v) is 4.43. The van der Waals surface area contributed by atoms with Crippen molar-refractivity contribution < 1.29 is 13.9 Å². The third kappa shape index (κ3) is 9.16. The lowest BCUT2D eigenvalue weighted by atomic mass is 10.2. The Balaban J connectivity index is 0.00000480. The minimum atomic E-state index is -0.503. The number of hydrogen-bond acceptors (Lipinski definition) is 5. The maximum Gasteiger partial charge on any atom is 0.410 e. The first kappa shape index (κ1) is 26.7. The molecule has 0 saturated heterocycles. The normalized spacial score (nSPS) is 12.5. The zero-order valence-electron chi connectivity index (χ0n) is 19.1. The highest BCUT2D eigenvalue weighted by Crippen LogP contribution is 2.17. The van der Waals surface area contributed by atoms with Gasteiger partial charge in [-0.25, -0.2) is 9.78 Å². The molecule has 0 bridgehead atoms. The van der Waals surface area contributed by atoms with Crippen LogP contribution < -0.4 is 10.6 Å². The number of guanidine groups is 1. The average Bonchev–Trinajstić information content (AvgIpc) is 3.18. The maximum absolute atomic E-state index is 12.1. The molecule has 172 valence electrons. The fraction of sp³-hybridized carbons (Fsp3) is 0.500. The molecule has 0 aliphatic rings. The van der Waals surface area contributed by atoms with E-state index in [1.807, 2.05) is 58.0 Å². The largest absolute Gasteiger partial charge is 0.444 e. The topological polar surface area (TPSA) is 92.0 Å². The van der Waals surface area contributed by atoms with Gasteiger partial charge in [-0.15, -0.1) is 24.0 Å². The fourth-order valence-corrected chi connectivity index (χ4v) is 2.60. The number of aromatic nitrogens is 1. The molecule has 1 aromatic heterocycles. The number of halogens is 1. The van der Waals surface area contributed by atoms with Gasteiger partial charge in [-0.1, -0.05) is 18.2 Å². The molecule has 1 amide bonds. The van der Waals surface area contributed by atoms with E-state index in [9.17, 15) is 4.79 Å². The Morgan fingerprint density at radius 3 is 2.55 bits per heavy atom. The van der Waals surface area contributed by atoms with Crippen molar-refractivity contribution in [3.05, 3.63) is 42.3 Å². The van der Waals surface area contributed by atoms with Crippen LogP contribution in [0.4, 0.5) is 4.79 Å². The maximum atomic E-state index is 12.1. The summed E-state index contributed by atoms with van der Waals surface area (Å²) in [5.74, 6) is 1.25. The molecule has 0 aliphatic carbocycles. The number of rotatable bonds is 7. The summed E-state index contributed by atoms with van der Waals surface area (Å²) in [6.45, 7) is 8.71. The molecule has 0 aliphatic heterocycles. The number of nitrogens with one attached hydrogen (secondary N) is 2. The molecule has 8 nitrogen and oxygen atoms in total. The summed E-state index contributed by atoms with van der Waals surface area (Å²) in [4.78, 5) is 22.5. The van der Waals surface area contributed by atoms with Crippen LogP contribution in [0.1, 0.15) is 39.8 Å². The Morgan fingerprint density at radius 2 is 1.94 bits per heavy atom. The van der Waals surface area contributed by atoms with Gasteiger partial charge in [0.15, 0.2) is 5.96 Å². The van der Waals surface area contributed by atoms with Gasteiger partial charge in [-0.3, -0.25) is 4.99 Å². The van der Waals surface area contributed by atoms with Crippen LogP contribution in [0, 0.1) is 0 Å². The van der Waals surface area contributed by atoms with Gasteiger partial charge in [-0.05, 0) is 46.2 Å². The van der Waals surface area contributed by atoms with Crippen molar-refractivity contribution in [2.45, 2.75) is 52.3 Å². The van der Waals surface area contributed by atoms with E-state index in [0.717, 1.165) is 17.7 Å². The van der Waals surface area contributed by atoms with Gasteiger partial charge in [0.1, 0.15) is 11.9 Å². The SMILES string of the molecule is CN=C(NCCC(C)N(C)C(=O)OC(C)(C)C)NCc1coc(-c2ccccc2)n1.I. The number of carbonyl (C=O) groups excluding carboxylic acids is 1. The zero-order chi connectivity index (χ0) is 22.1. The number of amides is 1. The van der Waals surface area contributed by atoms with Crippen LogP contribution in [0.5, 0.6) is 0 Å². The first-order chi connectivity index (χ1) is 14.2. The van der Waals surface area contributed by atoms with Crippen molar-refractivity contribution in [1.82, 2.24) is 20.5 Å². The molecule has 0 radical (unpaired) electrons. The van der Waals surface area contributed by atoms with Crippen LogP contribution in [-0.2, 0) is 11.3 Å². The minimum Gasteiger partial charge on any atom is -0.444 e. The average molecular weight is 543 g/mol. The molecule has 2 aromatic rings. The van der Waals surface area contributed by atoms with Gasteiger partial charge >= 0.3 is 6.09 Å². The lowest BCUT2D eigenvalue weighted by Gasteiger charge is -2.28. The molecule has 0 fully saturated rings. The number of nitrogens with zero attached hydrogens (tertiary/aromatic N) is 3. The highest BCUT2D eigenvalue weighted by atomic mass is 127. The Hall–Kier alpha value is -2.30. The summed E-state index contributed by atoms with van der Waals surface area (Å²) in [6.07, 6.45) is 2.07. The Morgan fingerprint density at radius 1 is 1.26 bits per heavy atom. The molecule has 31 heavy (non-hydrogen) atoms. The molecule has 2 rings (SSSR count). The summed E-state index contributed by atoms with van der Waals surface area (Å²) in [5, 5.41) is 6.47. The van der Waals surface area contributed by atoms with Crippen molar-refractivity contribution in [3.8, 4) is 11.5 Å². The molecule has 0 spiro atoms. The third-order valence-electron chi connectivity index (χ3n) is 4.43. The number of hydrogen-bond donors (Lipinski definition) is 2. The van der Waals surface area contributed by atoms with E-state index in [0.29, 0.717) is 24.9 Å². The number of aliphatic imine (C=N–C) groups is 1. The highest BCUT2D eigenvalue weighted by molar-refractivity contribution is 14.0. The molecular weight excluding hydrogens is 509 g/mol. The van der Waals surface area contributed by atoms with Crippen molar-refractivity contribution in [2.24, 2.45) is 4.99 Å². The van der Waals surface area contributed by atoms with Crippen molar-refractivity contribution >= 4 is 36.0 Å². The lowest BCUT2D eigenvalue weighted by Crippen LogP contribution is -2.42. The van der Waals surface area contributed by atoms with E-state index in [4.69, 9.17) is 9.15 Å². The molecule has 0 saturated carbocycles. The summed E-state index contributed by atoms with van der Waals surface area (Å²) in [7, 11) is 3.46. The van der Waals surface area contributed by atoms with E-state index in [1.54, 1.807) is 25.3 Å². The smallest absolute Gasteiger partial charge is 0.410 e. The molecule has 9 heteroatoms. The van der Waals surface area contributed by atoms with Crippen molar-refractivity contribution in [1.29, 1.82) is 0 Å². The van der Waals surface area contributed by atoms with E-state index in [2.05, 4.69) is 20.6 Å². The van der Waals surface area contributed by atoms with E-state index < -0.39 is 5.60 Å². The summed E-state index contributed by atoms with van der Waals surface area (Å²) in [5.41, 5.74) is 1.22. The zero-order valence-corrected chi connectivity index (χ0v) is 21.5. The Bertz CT molecular complexity index is 833. The molecule has 1 aromatic carbocycles. The summed E-state index contributed by atoms with van der Waals surface area (Å²) >= 11 is 0. The predicted molar refractivity (Wildman–Crippen MR) is 134 cm³/mol. The first-order valence-electron chi connectivity index (χ1n) is 10.1. The van der Waals surface area contributed by atoms with E-state index in [-0.39, 0.29) is 36.1 Å². The van der Waals surface area contributed by atoms with Crippen LogP contribution in [0.25, 0.3) is 11.5 Å². The monoisotopic (exact) mass is 543 g/mol. The number of oxazole rings is 1. The molecule has 1 atom stereocenters. The van der Waals surface area contributed by atoms with Crippen LogP contribution in [-0.4, -0.2) is 54.2 Å². The molecule has 1 heterocycles. The number of carbonyl (C=O) groups is 1. The van der Waals surface area contributed by atoms with Crippen LogP contribution >= 0.6 is 24.0 Å². The fourth-order valence-electron chi connectivity index (χ4n) is 2.60. The second kappa shape index (κ2) is 12.5. The molecule has 2 N–H and O–H groups in total. The van der Waals surface area contributed by atoms with E-state index >= 15 is 0 Å². The molecule has 1 unspecified atom stereocenters. The van der Waals surface area contributed by atoms with Crippen LogP contribution in [0.2, 0.25) is 0 Å². The lowest BCUT2D eigenvalue weighted by molar-refractivity contribution is 0.0230. The first-order valence-corrected chi connectivity index (χ1v) is 10.1.